The number of anilines is 1. The molecule has 7 heteroatoms. The molecule has 146 valence electrons. The zero-order valence-electron chi connectivity index (χ0n) is 15.7. The second-order valence-corrected chi connectivity index (χ2v) is 8.64. The molecular weight excluding hydrogens is 352 g/mol. The monoisotopic (exact) mass is 382 g/mol. The third-order valence-electron chi connectivity index (χ3n) is 4.63. The van der Waals surface area contributed by atoms with Crippen molar-refractivity contribution in [2.24, 2.45) is 0 Å². The molecule has 1 N–H and O–H groups in total. The van der Waals surface area contributed by atoms with E-state index in [2.05, 4.69) is 5.32 Å². The van der Waals surface area contributed by atoms with Crippen LogP contribution in [0.15, 0.2) is 24.3 Å². The number of aryl methyl sites for hydroxylation is 1. The molecule has 1 aromatic carbocycles. The molecule has 0 bridgehead atoms. The van der Waals surface area contributed by atoms with E-state index in [0.29, 0.717) is 31.4 Å². The molecule has 0 heterocycles. The summed E-state index contributed by atoms with van der Waals surface area (Å²) in [6.45, 7) is 2.86. The Morgan fingerprint density at radius 1 is 1.27 bits per heavy atom. The zero-order valence-corrected chi connectivity index (χ0v) is 16.6. The van der Waals surface area contributed by atoms with Crippen LogP contribution in [0.5, 0.6) is 0 Å². The number of para-hydroxylation sites is 1. The number of amides is 1. The Morgan fingerprint density at radius 3 is 2.62 bits per heavy atom. The first-order chi connectivity index (χ1) is 12.4. The summed E-state index contributed by atoms with van der Waals surface area (Å²) < 4.78 is 31.3. The van der Waals surface area contributed by atoms with Crippen LogP contribution in [0.4, 0.5) is 5.69 Å². The fourth-order valence-electron chi connectivity index (χ4n) is 3.23. The van der Waals surface area contributed by atoms with E-state index in [4.69, 9.17) is 4.74 Å². The summed E-state index contributed by atoms with van der Waals surface area (Å²) in [7, 11) is -3.54. The second kappa shape index (κ2) is 9.92. The molecule has 0 atom stereocenters. The van der Waals surface area contributed by atoms with Gasteiger partial charge in [0, 0.05) is 13.2 Å². The summed E-state index contributed by atoms with van der Waals surface area (Å²) in [6, 6.07) is 7.27. The quantitative estimate of drug-likeness (QED) is 0.631. The molecule has 0 radical (unpaired) electrons. The van der Waals surface area contributed by atoms with Crippen molar-refractivity contribution in [2.75, 3.05) is 30.3 Å². The van der Waals surface area contributed by atoms with Crippen molar-refractivity contribution in [3.63, 3.8) is 0 Å². The Morgan fingerprint density at radius 2 is 1.96 bits per heavy atom. The molecule has 1 amide bonds. The van der Waals surface area contributed by atoms with Crippen LogP contribution >= 0.6 is 0 Å². The molecule has 0 aliphatic heterocycles. The van der Waals surface area contributed by atoms with Gasteiger partial charge in [-0.3, -0.25) is 9.10 Å². The van der Waals surface area contributed by atoms with E-state index < -0.39 is 10.0 Å². The molecule has 0 spiro atoms. The van der Waals surface area contributed by atoms with Crippen LogP contribution in [0.1, 0.15) is 44.6 Å². The van der Waals surface area contributed by atoms with Crippen LogP contribution in [0.2, 0.25) is 0 Å². The van der Waals surface area contributed by atoms with Crippen molar-refractivity contribution in [1.82, 2.24) is 5.32 Å². The maximum atomic E-state index is 12.2. The van der Waals surface area contributed by atoms with Crippen molar-refractivity contribution in [2.45, 2.75) is 51.6 Å². The van der Waals surface area contributed by atoms with Gasteiger partial charge in [-0.2, -0.15) is 0 Å². The summed E-state index contributed by atoms with van der Waals surface area (Å²) in [5.74, 6) is -0.304. The second-order valence-electron chi connectivity index (χ2n) is 6.73. The predicted octanol–water partition coefficient (Wildman–Crippen LogP) is 2.48. The highest BCUT2D eigenvalue weighted by Crippen LogP contribution is 2.23. The highest BCUT2D eigenvalue weighted by molar-refractivity contribution is 7.92. The SMILES string of the molecule is CCc1ccccc1N(CC(=O)NCCCOC1CCCC1)S(C)(=O)=O. The maximum absolute atomic E-state index is 12.2. The number of hydrogen-bond acceptors (Lipinski definition) is 4. The Kier molecular flexibility index (Phi) is 7.90. The summed E-state index contributed by atoms with van der Waals surface area (Å²) in [4.78, 5) is 12.2. The smallest absolute Gasteiger partial charge is 0.240 e. The zero-order chi connectivity index (χ0) is 19.0. The molecule has 2 rings (SSSR count). The fraction of sp³-hybridized carbons (Fsp3) is 0.632. The van der Waals surface area contributed by atoms with Crippen molar-refractivity contribution >= 4 is 21.6 Å². The van der Waals surface area contributed by atoms with Crippen LogP contribution in [-0.2, 0) is 26.0 Å². The van der Waals surface area contributed by atoms with Crippen LogP contribution in [0, 0.1) is 0 Å². The number of nitrogens with zero attached hydrogens (tertiary/aromatic N) is 1. The first kappa shape index (κ1) is 20.7. The lowest BCUT2D eigenvalue weighted by atomic mass is 10.1. The van der Waals surface area contributed by atoms with E-state index in [9.17, 15) is 13.2 Å². The van der Waals surface area contributed by atoms with E-state index >= 15 is 0 Å². The Balaban J connectivity index is 1.85. The minimum atomic E-state index is -3.54. The first-order valence-corrected chi connectivity index (χ1v) is 11.2. The van der Waals surface area contributed by atoms with Crippen molar-refractivity contribution in [3.05, 3.63) is 29.8 Å². The van der Waals surface area contributed by atoms with E-state index in [1.165, 1.54) is 17.1 Å². The third-order valence-corrected chi connectivity index (χ3v) is 5.75. The van der Waals surface area contributed by atoms with Gasteiger partial charge in [-0.15, -0.1) is 0 Å². The Hall–Kier alpha value is -1.60. The first-order valence-electron chi connectivity index (χ1n) is 9.35. The molecule has 1 saturated carbocycles. The number of benzene rings is 1. The molecule has 1 aromatic rings. The number of nitrogens with one attached hydrogen (secondary N) is 1. The lowest BCUT2D eigenvalue weighted by Crippen LogP contribution is -2.41. The van der Waals surface area contributed by atoms with Gasteiger partial charge in [0.15, 0.2) is 0 Å². The summed E-state index contributed by atoms with van der Waals surface area (Å²) in [5.41, 5.74) is 1.47. The largest absolute Gasteiger partial charge is 0.378 e. The summed E-state index contributed by atoms with van der Waals surface area (Å²) in [6.07, 6.45) is 7.66. The molecule has 1 fully saturated rings. The Labute approximate surface area is 157 Å². The van der Waals surface area contributed by atoms with Gasteiger partial charge in [-0.25, -0.2) is 8.42 Å². The summed E-state index contributed by atoms with van der Waals surface area (Å²) >= 11 is 0. The maximum Gasteiger partial charge on any atom is 0.240 e. The topological polar surface area (TPSA) is 75.7 Å². The van der Waals surface area contributed by atoms with Gasteiger partial charge in [0.25, 0.3) is 0 Å². The lowest BCUT2D eigenvalue weighted by Gasteiger charge is -2.24. The van der Waals surface area contributed by atoms with Gasteiger partial charge in [0.2, 0.25) is 15.9 Å². The van der Waals surface area contributed by atoms with Crippen molar-refractivity contribution in [3.8, 4) is 0 Å². The van der Waals surface area contributed by atoms with E-state index in [0.717, 1.165) is 31.1 Å². The molecule has 0 saturated heterocycles. The standard InChI is InChI=1S/C19H30N2O4S/c1-3-16-9-4-7-12-18(16)21(26(2,23)24)15-19(22)20-13-8-14-25-17-10-5-6-11-17/h4,7,9,12,17H,3,5-6,8,10-11,13-15H2,1-2H3,(H,20,22). The molecule has 0 unspecified atom stereocenters. The van der Waals surface area contributed by atoms with E-state index in [1.807, 2.05) is 19.1 Å². The molecular formula is C19H30N2O4S. The molecule has 1 aliphatic carbocycles. The molecule has 26 heavy (non-hydrogen) atoms. The van der Waals surface area contributed by atoms with E-state index in [-0.39, 0.29) is 12.5 Å². The number of carbonyl (C=O) groups is 1. The van der Waals surface area contributed by atoms with Crippen molar-refractivity contribution < 1.29 is 17.9 Å². The van der Waals surface area contributed by atoms with Crippen LogP contribution in [-0.4, -0.2) is 46.4 Å². The number of sulfonamides is 1. The minimum Gasteiger partial charge on any atom is -0.378 e. The van der Waals surface area contributed by atoms with Gasteiger partial charge in [-0.1, -0.05) is 38.0 Å². The highest BCUT2D eigenvalue weighted by atomic mass is 32.2. The van der Waals surface area contributed by atoms with E-state index in [1.54, 1.807) is 12.1 Å². The molecule has 0 aromatic heterocycles. The van der Waals surface area contributed by atoms with Crippen LogP contribution < -0.4 is 9.62 Å². The average molecular weight is 383 g/mol. The number of carbonyl (C=O) groups excluding carboxylic acids is 1. The van der Waals surface area contributed by atoms with Crippen LogP contribution in [0.3, 0.4) is 0 Å². The normalized spacial score (nSPS) is 15.2. The fourth-order valence-corrected chi connectivity index (χ4v) is 4.11. The number of rotatable bonds is 10. The highest BCUT2D eigenvalue weighted by Gasteiger charge is 2.22. The number of hydrogen-bond donors (Lipinski definition) is 1. The van der Waals surface area contributed by atoms with Gasteiger partial charge in [0.05, 0.1) is 18.0 Å². The van der Waals surface area contributed by atoms with Crippen LogP contribution in [0.25, 0.3) is 0 Å². The van der Waals surface area contributed by atoms with Gasteiger partial charge >= 0.3 is 0 Å². The van der Waals surface area contributed by atoms with Crippen molar-refractivity contribution in [1.29, 1.82) is 0 Å². The number of ether oxygens (including phenoxy) is 1. The lowest BCUT2D eigenvalue weighted by molar-refractivity contribution is -0.119. The van der Waals surface area contributed by atoms with Gasteiger partial charge < -0.3 is 10.1 Å². The van der Waals surface area contributed by atoms with Gasteiger partial charge in [0.1, 0.15) is 6.54 Å². The minimum absolute atomic E-state index is 0.209. The average Bonchev–Trinajstić information content (AvgIpc) is 3.12. The Bertz CT molecular complexity index is 685. The van der Waals surface area contributed by atoms with Gasteiger partial charge in [-0.05, 0) is 37.3 Å². The predicted molar refractivity (Wildman–Crippen MR) is 104 cm³/mol. The molecule has 1 aliphatic rings. The molecule has 6 nitrogen and oxygen atoms in total. The third kappa shape index (κ3) is 6.29. The summed E-state index contributed by atoms with van der Waals surface area (Å²) in [5, 5.41) is 2.79.